The van der Waals surface area contributed by atoms with Crippen molar-refractivity contribution in [2.75, 3.05) is 5.32 Å². The zero-order valence-electron chi connectivity index (χ0n) is 9.51. The summed E-state index contributed by atoms with van der Waals surface area (Å²) in [4.78, 5) is 4.28. The van der Waals surface area contributed by atoms with Gasteiger partial charge in [-0.25, -0.2) is 4.98 Å². The third-order valence-corrected chi connectivity index (χ3v) is 2.84. The largest absolute Gasteiger partial charge is 0.377 e. The summed E-state index contributed by atoms with van der Waals surface area (Å²) in [6.45, 7) is 0.702. The number of fused-ring (bicyclic) bond motifs is 1. The standard InChI is InChI=1S/C12H13N5/c1-17-6-5-13-12(17)8-14-10-3-2-4-11-9(10)7-15-16-11/h2-7,14H,8H2,1H3,(H,15,16). The molecule has 0 aliphatic heterocycles. The van der Waals surface area contributed by atoms with Crippen LogP contribution >= 0.6 is 0 Å². The summed E-state index contributed by atoms with van der Waals surface area (Å²) in [6.07, 6.45) is 5.57. The molecule has 2 heterocycles. The predicted octanol–water partition coefficient (Wildman–Crippen LogP) is 1.91. The molecule has 5 nitrogen and oxygen atoms in total. The normalized spacial score (nSPS) is 10.9. The Morgan fingerprint density at radius 3 is 3.18 bits per heavy atom. The van der Waals surface area contributed by atoms with E-state index in [0.29, 0.717) is 6.54 Å². The Labute approximate surface area is 98.5 Å². The van der Waals surface area contributed by atoms with Gasteiger partial charge < -0.3 is 9.88 Å². The topological polar surface area (TPSA) is 58.5 Å². The van der Waals surface area contributed by atoms with Crippen LogP contribution in [-0.2, 0) is 13.6 Å². The van der Waals surface area contributed by atoms with Crippen LogP contribution in [0.15, 0.2) is 36.8 Å². The van der Waals surface area contributed by atoms with Crippen LogP contribution in [0.2, 0.25) is 0 Å². The maximum atomic E-state index is 4.28. The number of aromatic nitrogens is 4. The molecule has 86 valence electrons. The molecule has 0 bridgehead atoms. The number of benzene rings is 1. The number of hydrogen-bond acceptors (Lipinski definition) is 3. The van der Waals surface area contributed by atoms with Gasteiger partial charge in [0.25, 0.3) is 0 Å². The number of aryl methyl sites for hydroxylation is 1. The van der Waals surface area contributed by atoms with Crippen LogP contribution in [0, 0.1) is 0 Å². The maximum Gasteiger partial charge on any atom is 0.127 e. The lowest BCUT2D eigenvalue weighted by Crippen LogP contribution is -2.05. The molecule has 3 aromatic rings. The van der Waals surface area contributed by atoms with Gasteiger partial charge in [0.2, 0.25) is 0 Å². The van der Waals surface area contributed by atoms with Crippen LogP contribution in [-0.4, -0.2) is 19.7 Å². The molecule has 0 radical (unpaired) electrons. The number of imidazole rings is 1. The summed E-state index contributed by atoms with van der Waals surface area (Å²) >= 11 is 0. The number of aromatic amines is 1. The van der Waals surface area contributed by atoms with Gasteiger partial charge >= 0.3 is 0 Å². The van der Waals surface area contributed by atoms with Gasteiger partial charge in [-0.05, 0) is 12.1 Å². The summed E-state index contributed by atoms with van der Waals surface area (Å²) in [5, 5.41) is 11.5. The first kappa shape index (κ1) is 9.89. The zero-order valence-corrected chi connectivity index (χ0v) is 9.51. The monoisotopic (exact) mass is 227 g/mol. The highest BCUT2D eigenvalue weighted by molar-refractivity contribution is 5.90. The smallest absolute Gasteiger partial charge is 0.127 e. The lowest BCUT2D eigenvalue weighted by molar-refractivity contribution is 0.813. The molecule has 0 fully saturated rings. The molecule has 0 spiro atoms. The van der Waals surface area contributed by atoms with Crippen LogP contribution < -0.4 is 5.32 Å². The van der Waals surface area contributed by atoms with E-state index in [9.17, 15) is 0 Å². The molecule has 0 saturated carbocycles. The van der Waals surface area contributed by atoms with Crippen LogP contribution in [0.25, 0.3) is 10.9 Å². The molecule has 0 aliphatic rings. The summed E-state index contributed by atoms with van der Waals surface area (Å²) in [6, 6.07) is 6.05. The molecule has 0 amide bonds. The van der Waals surface area contributed by atoms with Gasteiger partial charge in [-0.1, -0.05) is 6.07 Å². The SMILES string of the molecule is Cn1ccnc1CNc1cccc2[nH]ncc12. The van der Waals surface area contributed by atoms with E-state index in [-0.39, 0.29) is 0 Å². The van der Waals surface area contributed by atoms with E-state index in [2.05, 4.69) is 20.5 Å². The molecule has 3 rings (SSSR count). The second-order valence-electron chi connectivity index (χ2n) is 3.94. The minimum atomic E-state index is 0.702. The van der Waals surface area contributed by atoms with Crippen molar-refractivity contribution in [2.24, 2.45) is 7.05 Å². The van der Waals surface area contributed by atoms with Crippen molar-refractivity contribution < 1.29 is 0 Å². The first-order valence-corrected chi connectivity index (χ1v) is 5.47. The molecule has 0 aliphatic carbocycles. The highest BCUT2D eigenvalue weighted by Gasteiger charge is 2.03. The second-order valence-corrected chi connectivity index (χ2v) is 3.94. The predicted molar refractivity (Wildman–Crippen MR) is 66.6 cm³/mol. The second kappa shape index (κ2) is 3.93. The Balaban J connectivity index is 1.86. The van der Waals surface area contributed by atoms with Gasteiger partial charge in [-0.3, -0.25) is 5.10 Å². The molecule has 2 aromatic heterocycles. The van der Waals surface area contributed by atoms with Crippen LogP contribution in [0.3, 0.4) is 0 Å². The fourth-order valence-corrected chi connectivity index (χ4v) is 1.86. The van der Waals surface area contributed by atoms with E-state index in [0.717, 1.165) is 22.4 Å². The molecule has 0 saturated heterocycles. The van der Waals surface area contributed by atoms with E-state index in [1.54, 1.807) is 6.20 Å². The number of nitrogens with zero attached hydrogens (tertiary/aromatic N) is 3. The Hall–Kier alpha value is -2.30. The van der Waals surface area contributed by atoms with E-state index >= 15 is 0 Å². The number of nitrogens with one attached hydrogen (secondary N) is 2. The van der Waals surface area contributed by atoms with Gasteiger partial charge in [0.15, 0.2) is 0 Å². The summed E-state index contributed by atoms with van der Waals surface area (Å²) in [5.41, 5.74) is 2.11. The lowest BCUT2D eigenvalue weighted by atomic mass is 10.2. The first-order valence-electron chi connectivity index (χ1n) is 5.47. The van der Waals surface area contributed by atoms with Gasteiger partial charge in [0, 0.05) is 30.5 Å². The van der Waals surface area contributed by atoms with E-state index in [1.165, 1.54) is 0 Å². The van der Waals surface area contributed by atoms with Gasteiger partial charge in [0.1, 0.15) is 5.82 Å². The fourth-order valence-electron chi connectivity index (χ4n) is 1.86. The summed E-state index contributed by atoms with van der Waals surface area (Å²) in [5.74, 6) is 1.01. The molecular weight excluding hydrogens is 214 g/mol. The fraction of sp³-hybridized carbons (Fsp3) is 0.167. The molecule has 2 N–H and O–H groups in total. The third kappa shape index (κ3) is 1.75. The maximum absolute atomic E-state index is 4.28. The van der Waals surface area contributed by atoms with Crippen molar-refractivity contribution in [2.45, 2.75) is 6.54 Å². The summed E-state index contributed by atoms with van der Waals surface area (Å²) < 4.78 is 2.00. The third-order valence-electron chi connectivity index (χ3n) is 2.84. The van der Waals surface area contributed by atoms with Crippen LogP contribution in [0.1, 0.15) is 5.82 Å². The highest BCUT2D eigenvalue weighted by atomic mass is 15.1. The number of hydrogen-bond donors (Lipinski definition) is 2. The molecule has 0 atom stereocenters. The Bertz CT molecular complexity index is 637. The number of anilines is 1. The highest BCUT2D eigenvalue weighted by Crippen LogP contribution is 2.21. The quantitative estimate of drug-likeness (QED) is 0.718. The van der Waals surface area contributed by atoms with Gasteiger partial charge in [-0.15, -0.1) is 0 Å². The first-order chi connectivity index (χ1) is 8.34. The Morgan fingerprint density at radius 1 is 1.41 bits per heavy atom. The number of rotatable bonds is 3. The lowest BCUT2D eigenvalue weighted by Gasteiger charge is -2.07. The van der Waals surface area contributed by atoms with Gasteiger partial charge in [-0.2, -0.15) is 5.10 Å². The van der Waals surface area contributed by atoms with Crippen molar-refractivity contribution in [1.82, 2.24) is 19.7 Å². The van der Waals surface area contributed by atoms with Crippen LogP contribution in [0.4, 0.5) is 5.69 Å². The average molecular weight is 227 g/mol. The average Bonchev–Trinajstić information content (AvgIpc) is 2.95. The van der Waals surface area contributed by atoms with Crippen molar-refractivity contribution in [3.8, 4) is 0 Å². The molecule has 17 heavy (non-hydrogen) atoms. The molecule has 5 heteroatoms. The van der Waals surface area contributed by atoms with Crippen molar-refractivity contribution in [3.05, 3.63) is 42.6 Å². The molecule has 1 aromatic carbocycles. The van der Waals surface area contributed by atoms with E-state index in [4.69, 9.17) is 0 Å². The zero-order chi connectivity index (χ0) is 11.7. The van der Waals surface area contributed by atoms with E-state index < -0.39 is 0 Å². The van der Waals surface area contributed by atoms with Crippen LogP contribution in [0.5, 0.6) is 0 Å². The minimum Gasteiger partial charge on any atom is -0.377 e. The Kier molecular flexibility index (Phi) is 2.29. The Morgan fingerprint density at radius 2 is 2.35 bits per heavy atom. The number of H-pyrrole nitrogens is 1. The molecule has 0 unspecified atom stereocenters. The van der Waals surface area contributed by atoms with Crippen molar-refractivity contribution >= 4 is 16.6 Å². The van der Waals surface area contributed by atoms with E-state index in [1.807, 2.05) is 42.2 Å². The van der Waals surface area contributed by atoms with Crippen molar-refractivity contribution in [3.63, 3.8) is 0 Å². The van der Waals surface area contributed by atoms with Crippen molar-refractivity contribution in [1.29, 1.82) is 0 Å². The van der Waals surface area contributed by atoms with Gasteiger partial charge in [0.05, 0.1) is 18.3 Å². The minimum absolute atomic E-state index is 0.702. The molecular formula is C12H13N5. The summed E-state index contributed by atoms with van der Waals surface area (Å²) in [7, 11) is 1.99.